The quantitative estimate of drug-likeness (QED) is 0.504. The number of rotatable bonds is 4. The molecule has 0 spiro atoms. The van der Waals surface area contributed by atoms with Crippen LogP contribution in [0.5, 0.6) is 0 Å². The first kappa shape index (κ1) is 7.41. The average molecular weight is 111 g/mol. The zero-order valence-electron chi connectivity index (χ0n) is 5.18. The van der Waals surface area contributed by atoms with Crippen LogP contribution in [0, 0.1) is 5.92 Å². The van der Waals surface area contributed by atoms with E-state index in [1.807, 2.05) is 19.3 Å². The largest absolute Gasteiger partial charge is 0.291 e. The van der Waals surface area contributed by atoms with Crippen molar-refractivity contribution in [3.05, 3.63) is 12.7 Å². The molecule has 1 atom stereocenters. The standard InChI is InChI=1S/C7H11O/c1-3-7(2)5-4-6-8/h3,7H,1,4-5H2,2H3. The second-order valence-corrected chi connectivity index (χ2v) is 1.90. The van der Waals surface area contributed by atoms with Gasteiger partial charge in [0.1, 0.15) is 0 Å². The van der Waals surface area contributed by atoms with E-state index >= 15 is 0 Å². The van der Waals surface area contributed by atoms with Crippen LogP contribution in [0.4, 0.5) is 0 Å². The molecule has 45 valence electrons. The third kappa shape index (κ3) is 3.59. The topological polar surface area (TPSA) is 17.1 Å². The van der Waals surface area contributed by atoms with Crippen LogP contribution >= 0.6 is 0 Å². The minimum absolute atomic E-state index is 0.455. The van der Waals surface area contributed by atoms with Crippen LogP contribution < -0.4 is 0 Å². The maximum atomic E-state index is 9.67. The van der Waals surface area contributed by atoms with Crippen LogP contribution in [0.2, 0.25) is 0 Å². The van der Waals surface area contributed by atoms with Gasteiger partial charge in [-0.05, 0) is 12.3 Å². The number of hydrogen-bond donors (Lipinski definition) is 0. The molecule has 8 heavy (non-hydrogen) atoms. The second kappa shape index (κ2) is 4.57. The molecule has 0 heterocycles. The van der Waals surface area contributed by atoms with E-state index in [-0.39, 0.29) is 0 Å². The van der Waals surface area contributed by atoms with Gasteiger partial charge in [0.15, 0.2) is 6.29 Å². The molecule has 0 N–H and O–H groups in total. The van der Waals surface area contributed by atoms with Gasteiger partial charge in [0, 0.05) is 6.42 Å². The molecular formula is C7H11O. The first-order valence-electron chi connectivity index (χ1n) is 2.78. The van der Waals surface area contributed by atoms with Crippen LogP contribution in [-0.2, 0) is 4.79 Å². The summed E-state index contributed by atoms with van der Waals surface area (Å²) in [6.07, 6.45) is 5.10. The van der Waals surface area contributed by atoms with Gasteiger partial charge in [0.2, 0.25) is 0 Å². The van der Waals surface area contributed by atoms with Crippen molar-refractivity contribution in [1.82, 2.24) is 0 Å². The van der Waals surface area contributed by atoms with E-state index in [1.54, 1.807) is 0 Å². The van der Waals surface area contributed by atoms with Gasteiger partial charge >= 0.3 is 0 Å². The SMILES string of the molecule is C=CC(C)CC[C]=O. The molecular weight excluding hydrogens is 100 g/mol. The Morgan fingerprint density at radius 3 is 2.88 bits per heavy atom. The van der Waals surface area contributed by atoms with E-state index in [2.05, 4.69) is 6.58 Å². The summed E-state index contributed by atoms with van der Waals surface area (Å²) in [6.45, 7) is 5.62. The van der Waals surface area contributed by atoms with Gasteiger partial charge in [0.25, 0.3) is 0 Å². The summed E-state index contributed by atoms with van der Waals surface area (Å²) in [7, 11) is 0. The molecule has 0 aromatic heterocycles. The summed E-state index contributed by atoms with van der Waals surface area (Å²) >= 11 is 0. The Morgan fingerprint density at radius 1 is 1.88 bits per heavy atom. The molecule has 1 heteroatoms. The Balaban J connectivity index is 3.09. The molecule has 0 aliphatic rings. The molecule has 0 saturated heterocycles. The fourth-order valence-corrected chi connectivity index (χ4v) is 0.404. The number of carbonyl (C=O) groups excluding carboxylic acids is 1. The fourth-order valence-electron chi connectivity index (χ4n) is 0.404. The van der Waals surface area contributed by atoms with Crippen molar-refractivity contribution in [1.29, 1.82) is 0 Å². The molecule has 0 aliphatic heterocycles. The molecule has 1 radical (unpaired) electrons. The Labute approximate surface area is 50.4 Å². The highest BCUT2D eigenvalue weighted by Gasteiger charge is 1.92. The van der Waals surface area contributed by atoms with Crippen molar-refractivity contribution in [2.45, 2.75) is 19.8 Å². The average Bonchev–Trinajstić information content (AvgIpc) is 1.83. The Bertz CT molecular complexity index is 76.5. The highest BCUT2D eigenvalue weighted by atomic mass is 16.1. The first-order chi connectivity index (χ1) is 3.81. The van der Waals surface area contributed by atoms with E-state index in [9.17, 15) is 4.79 Å². The van der Waals surface area contributed by atoms with Crippen LogP contribution in [0.15, 0.2) is 12.7 Å². The van der Waals surface area contributed by atoms with Crippen LogP contribution in [-0.4, -0.2) is 6.29 Å². The third-order valence-corrected chi connectivity index (χ3v) is 1.10. The highest BCUT2D eigenvalue weighted by molar-refractivity contribution is 5.50. The summed E-state index contributed by atoms with van der Waals surface area (Å²) in [5.41, 5.74) is 0. The molecule has 0 aliphatic carbocycles. The lowest BCUT2D eigenvalue weighted by molar-refractivity contribution is 0.540. The normalized spacial score (nSPS) is 12.6. The lowest BCUT2D eigenvalue weighted by Crippen LogP contribution is -1.87. The smallest absolute Gasteiger partial charge is 0.198 e. The third-order valence-electron chi connectivity index (χ3n) is 1.10. The summed E-state index contributed by atoms with van der Waals surface area (Å²) in [5, 5.41) is 0. The molecule has 0 aromatic carbocycles. The van der Waals surface area contributed by atoms with E-state index in [1.165, 1.54) is 0 Å². The summed E-state index contributed by atoms with van der Waals surface area (Å²) in [4.78, 5) is 9.67. The van der Waals surface area contributed by atoms with Gasteiger partial charge in [-0.1, -0.05) is 13.0 Å². The molecule has 0 amide bonds. The van der Waals surface area contributed by atoms with Gasteiger partial charge in [-0.15, -0.1) is 6.58 Å². The van der Waals surface area contributed by atoms with E-state index in [0.717, 1.165) is 6.42 Å². The van der Waals surface area contributed by atoms with Crippen molar-refractivity contribution >= 4 is 6.29 Å². The monoisotopic (exact) mass is 111 g/mol. The van der Waals surface area contributed by atoms with Crippen molar-refractivity contribution in [3.8, 4) is 0 Å². The molecule has 0 fully saturated rings. The van der Waals surface area contributed by atoms with Crippen molar-refractivity contribution in [3.63, 3.8) is 0 Å². The molecule has 0 aromatic rings. The van der Waals surface area contributed by atoms with Crippen LogP contribution in [0.25, 0.3) is 0 Å². The zero-order chi connectivity index (χ0) is 6.41. The maximum Gasteiger partial charge on any atom is 0.198 e. The predicted octanol–water partition coefficient (Wildman–Crippen LogP) is 1.70. The first-order valence-corrected chi connectivity index (χ1v) is 2.78. The Morgan fingerprint density at radius 2 is 2.50 bits per heavy atom. The molecule has 0 saturated carbocycles. The lowest BCUT2D eigenvalue weighted by atomic mass is 10.1. The van der Waals surface area contributed by atoms with Gasteiger partial charge in [-0.25, -0.2) is 0 Å². The van der Waals surface area contributed by atoms with Gasteiger partial charge in [-0.3, -0.25) is 4.79 Å². The Kier molecular flexibility index (Phi) is 4.23. The van der Waals surface area contributed by atoms with E-state index < -0.39 is 0 Å². The molecule has 1 unspecified atom stereocenters. The van der Waals surface area contributed by atoms with E-state index in [4.69, 9.17) is 0 Å². The summed E-state index contributed by atoms with van der Waals surface area (Å²) in [5.74, 6) is 0.455. The highest BCUT2D eigenvalue weighted by Crippen LogP contribution is 2.02. The van der Waals surface area contributed by atoms with Crippen molar-refractivity contribution in [2.24, 2.45) is 5.92 Å². The minimum Gasteiger partial charge on any atom is -0.291 e. The molecule has 0 rings (SSSR count). The van der Waals surface area contributed by atoms with Crippen molar-refractivity contribution < 1.29 is 4.79 Å². The van der Waals surface area contributed by atoms with Gasteiger partial charge in [0.05, 0.1) is 0 Å². The predicted molar refractivity (Wildman–Crippen MR) is 34.3 cm³/mol. The molecule has 1 nitrogen and oxygen atoms in total. The molecule has 0 bridgehead atoms. The lowest BCUT2D eigenvalue weighted by Gasteiger charge is -1.97. The second-order valence-electron chi connectivity index (χ2n) is 1.90. The number of allylic oxidation sites excluding steroid dienone is 1. The Hall–Kier alpha value is -0.590. The van der Waals surface area contributed by atoms with Gasteiger partial charge < -0.3 is 0 Å². The summed E-state index contributed by atoms with van der Waals surface area (Å²) < 4.78 is 0. The maximum absolute atomic E-state index is 9.67. The minimum atomic E-state index is 0.455. The van der Waals surface area contributed by atoms with Crippen molar-refractivity contribution in [2.75, 3.05) is 0 Å². The fraction of sp³-hybridized carbons (Fsp3) is 0.571. The van der Waals surface area contributed by atoms with E-state index in [0.29, 0.717) is 12.3 Å². The zero-order valence-corrected chi connectivity index (χ0v) is 5.18. The van der Waals surface area contributed by atoms with Crippen LogP contribution in [0.1, 0.15) is 19.8 Å². The number of hydrogen-bond acceptors (Lipinski definition) is 1. The van der Waals surface area contributed by atoms with Crippen LogP contribution in [0.3, 0.4) is 0 Å². The summed E-state index contributed by atoms with van der Waals surface area (Å²) in [6, 6.07) is 0. The van der Waals surface area contributed by atoms with Gasteiger partial charge in [-0.2, -0.15) is 0 Å².